The molecule has 45 heavy (non-hydrogen) atoms. The van der Waals surface area contributed by atoms with Crippen LogP contribution in [0.3, 0.4) is 0 Å². The van der Waals surface area contributed by atoms with Crippen molar-refractivity contribution in [2.24, 2.45) is 0 Å². The SMILES string of the molecule is c1ccc2c(c1)-c1c(-c3ccc4c(-c5cccc6ccccc56)cccc4c3)cccc1C21c2cccnc2-c2ncccc21. The highest BCUT2D eigenvalue weighted by molar-refractivity contribution is 6.07. The van der Waals surface area contributed by atoms with Crippen molar-refractivity contribution < 1.29 is 0 Å². The molecule has 2 heterocycles. The van der Waals surface area contributed by atoms with Crippen molar-refractivity contribution >= 4 is 21.5 Å². The molecule has 2 aliphatic rings. The molecule has 0 bridgehead atoms. The molecule has 0 saturated heterocycles. The molecule has 10 rings (SSSR count). The van der Waals surface area contributed by atoms with Crippen molar-refractivity contribution in [3.63, 3.8) is 0 Å². The number of pyridine rings is 2. The molecule has 0 N–H and O–H groups in total. The second-order valence-corrected chi connectivity index (χ2v) is 12.1. The molecule has 2 heteroatoms. The van der Waals surface area contributed by atoms with E-state index in [1.807, 2.05) is 12.4 Å². The lowest BCUT2D eigenvalue weighted by molar-refractivity contribution is 0.789. The summed E-state index contributed by atoms with van der Waals surface area (Å²) in [5.41, 5.74) is 14.1. The van der Waals surface area contributed by atoms with Crippen molar-refractivity contribution in [1.82, 2.24) is 9.97 Å². The quantitative estimate of drug-likeness (QED) is 0.207. The maximum atomic E-state index is 4.87. The van der Waals surface area contributed by atoms with Crippen LogP contribution in [-0.4, -0.2) is 9.97 Å². The van der Waals surface area contributed by atoms with Gasteiger partial charge in [-0.1, -0.05) is 127 Å². The van der Waals surface area contributed by atoms with Crippen LogP contribution < -0.4 is 0 Å². The Morgan fingerprint density at radius 1 is 0.378 bits per heavy atom. The Bertz CT molecular complexity index is 2460. The Morgan fingerprint density at radius 3 is 1.73 bits per heavy atom. The number of rotatable bonds is 2. The molecule has 6 aromatic carbocycles. The van der Waals surface area contributed by atoms with E-state index in [1.165, 1.54) is 77.2 Å². The monoisotopic (exact) mass is 570 g/mol. The highest BCUT2D eigenvalue weighted by Gasteiger charge is 2.53. The zero-order chi connectivity index (χ0) is 29.5. The summed E-state index contributed by atoms with van der Waals surface area (Å²) >= 11 is 0. The summed E-state index contributed by atoms with van der Waals surface area (Å²) in [6, 6.07) is 53.3. The predicted molar refractivity (Wildman–Crippen MR) is 184 cm³/mol. The number of fused-ring (bicyclic) bond motifs is 12. The van der Waals surface area contributed by atoms with Gasteiger partial charge in [0.25, 0.3) is 0 Å². The molecule has 0 fully saturated rings. The van der Waals surface area contributed by atoms with Gasteiger partial charge in [0.2, 0.25) is 0 Å². The van der Waals surface area contributed by atoms with Crippen LogP contribution in [0.2, 0.25) is 0 Å². The lowest BCUT2D eigenvalue weighted by Gasteiger charge is -2.29. The zero-order valence-corrected chi connectivity index (χ0v) is 24.4. The average molecular weight is 571 g/mol. The second kappa shape index (κ2) is 9.07. The average Bonchev–Trinajstić information content (AvgIpc) is 3.59. The highest BCUT2D eigenvalue weighted by Crippen LogP contribution is 2.63. The van der Waals surface area contributed by atoms with E-state index in [9.17, 15) is 0 Å². The van der Waals surface area contributed by atoms with E-state index in [0.717, 1.165) is 11.4 Å². The van der Waals surface area contributed by atoms with Crippen LogP contribution in [0.4, 0.5) is 0 Å². The molecular formula is C43H26N2. The van der Waals surface area contributed by atoms with Gasteiger partial charge in [-0.25, -0.2) is 0 Å². The molecule has 2 nitrogen and oxygen atoms in total. The summed E-state index contributed by atoms with van der Waals surface area (Å²) < 4.78 is 0. The first-order chi connectivity index (χ1) is 22.3. The van der Waals surface area contributed by atoms with Crippen LogP contribution in [-0.2, 0) is 5.41 Å². The van der Waals surface area contributed by atoms with Gasteiger partial charge < -0.3 is 0 Å². The van der Waals surface area contributed by atoms with Crippen LogP contribution in [0.5, 0.6) is 0 Å². The van der Waals surface area contributed by atoms with E-state index in [2.05, 4.69) is 146 Å². The molecule has 208 valence electrons. The molecule has 0 aliphatic heterocycles. The minimum absolute atomic E-state index is 0.451. The van der Waals surface area contributed by atoms with E-state index in [4.69, 9.17) is 9.97 Å². The fourth-order valence-corrected chi connectivity index (χ4v) is 8.23. The van der Waals surface area contributed by atoms with Gasteiger partial charge in [0.1, 0.15) is 0 Å². The summed E-state index contributed by atoms with van der Waals surface area (Å²) in [6.07, 6.45) is 3.77. The van der Waals surface area contributed by atoms with Crippen molar-refractivity contribution in [1.29, 1.82) is 0 Å². The zero-order valence-electron chi connectivity index (χ0n) is 24.4. The smallest absolute Gasteiger partial charge is 0.0937 e. The third-order valence-electron chi connectivity index (χ3n) is 9.99. The van der Waals surface area contributed by atoms with Gasteiger partial charge in [0, 0.05) is 12.4 Å². The number of hydrogen-bond acceptors (Lipinski definition) is 2. The van der Waals surface area contributed by atoms with Gasteiger partial charge in [-0.2, -0.15) is 0 Å². The summed E-state index contributed by atoms with van der Waals surface area (Å²) in [5, 5.41) is 5.04. The van der Waals surface area contributed by atoms with Crippen molar-refractivity contribution in [2.45, 2.75) is 5.41 Å². The predicted octanol–water partition coefficient (Wildman–Crippen LogP) is 10.5. The molecule has 0 unspecified atom stereocenters. The van der Waals surface area contributed by atoms with Crippen LogP contribution in [0.25, 0.3) is 66.3 Å². The number of nitrogens with zero attached hydrogens (tertiary/aromatic N) is 2. The first-order valence-electron chi connectivity index (χ1n) is 15.5. The first kappa shape index (κ1) is 24.6. The maximum absolute atomic E-state index is 4.87. The minimum Gasteiger partial charge on any atom is -0.254 e. The van der Waals surface area contributed by atoms with Gasteiger partial charge >= 0.3 is 0 Å². The Kier molecular flexibility index (Phi) is 4.95. The fraction of sp³-hybridized carbons (Fsp3) is 0.0233. The second-order valence-electron chi connectivity index (χ2n) is 12.1. The van der Waals surface area contributed by atoms with Crippen LogP contribution >= 0.6 is 0 Å². The largest absolute Gasteiger partial charge is 0.254 e. The molecule has 1 spiro atoms. The van der Waals surface area contributed by atoms with Gasteiger partial charge in [-0.3, -0.25) is 9.97 Å². The molecule has 2 aromatic heterocycles. The van der Waals surface area contributed by atoms with E-state index < -0.39 is 5.41 Å². The molecule has 8 aromatic rings. The topological polar surface area (TPSA) is 25.8 Å². The first-order valence-corrected chi connectivity index (χ1v) is 15.5. The number of benzene rings is 6. The maximum Gasteiger partial charge on any atom is 0.0937 e. The molecule has 0 atom stereocenters. The summed E-state index contributed by atoms with van der Waals surface area (Å²) in [7, 11) is 0. The van der Waals surface area contributed by atoms with E-state index >= 15 is 0 Å². The van der Waals surface area contributed by atoms with Crippen molar-refractivity contribution in [3.05, 3.63) is 180 Å². The highest BCUT2D eigenvalue weighted by atomic mass is 14.8. The Labute approximate surface area is 261 Å². The summed E-state index contributed by atoms with van der Waals surface area (Å²) in [6.45, 7) is 0. The third kappa shape index (κ3) is 3.18. The standard InChI is InChI=1S/C43H26N2/c1-2-13-30-27(10-1)11-5-16-33(30)34-17-6-12-28-26-29(22-23-31(28)34)32-15-7-19-37-40(32)35-14-3-4-18-36(35)43(37)38-20-8-24-44-41(38)42-39(43)21-9-25-45-42/h1-26H. The van der Waals surface area contributed by atoms with Gasteiger partial charge in [0.15, 0.2) is 0 Å². The van der Waals surface area contributed by atoms with E-state index in [1.54, 1.807) is 0 Å². The normalized spacial score (nSPS) is 13.5. The lowest BCUT2D eigenvalue weighted by Crippen LogP contribution is -2.26. The van der Waals surface area contributed by atoms with Crippen molar-refractivity contribution in [2.75, 3.05) is 0 Å². The Hall–Kier alpha value is -5.86. The van der Waals surface area contributed by atoms with Gasteiger partial charge in [0.05, 0.1) is 16.8 Å². The van der Waals surface area contributed by atoms with Crippen LogP contribution in [0, 0.1) is 0 Å². The minimum atomic E-state index is -0.451. The summed E-state index contributed by atoms with van der Waals surface area (Å²) in [5.74, 6) is 0. The van der Waals surface area contributed by atoms with Crippen LogP contribution in [0.15, 0.2) is 158 Å². The molecule has 0 saturated carbocycles. The van der Waals surface area contributed by atoms with Crippen molar-refractivity contribution in [3.8, 4) is 44.8 Å². The molecule has 2 aliphatic carbocycles. The fourth-order valence-electron chi connectivity index (χ4n) is 8.23. The molecule has 0 amide bonds. The molecular weight excluding hydrogens is 544 g/mol. The van der Waals surface area contributed by atoms with Gasteiger partial charge in [-0.05, 0) is 95.4 Å². The number of aromatic nitrogens is 2. The number of hydrogen-bond donors (Lipinski definition) is 0. The Morgan fingerprint density at radius 2 is 0.933 bits per heavy atom. The Balaban J connectivity index is 1.22. The van der Waals surface area contributed by atoms with Crippen LogP contribution in [0.1, 0.15) is 22.3 Å². The van der Waals surface area contributed by atoms with E-state index in [0.29, 0.717) is 0 Å². The summed E-state index contributed by atoms with van der Waals surface area (Å²) in [4.78, 5) is 9.74. The molecule has 0 radical (unpaired) electrons. The van der Waals surface area contributed by atoms with Gasteiger partial charge in [-0.15, -0.1) is 0 Å². The third-order valence-corrected chi connectivity index (χ3v) is 9.99. The lowest BCUT2D eigenvalue weighted by atomic mass is 9.71. The van der Waals surface area contributed by atoms with E-state index in [-0.39, 0.29) is 0 Å².